The summed E-state index contributed by atoms with van der Waals surface area (Å²) in [7, 11) is 0. The minimum atomic E-state index is -0.374. The van der Waals surface area contributed by atoms with E-state index in [-0.39, 0.29) is 29.7 Å². The van der Waals surface area contributed by atoms with Gasteiger partial charge >= 0.3 is 0 Å². The Hall–Kier alpha value is -2.47. The lowest BCUT2D eigenvalue weighted by molar-refractivity contribution is -0.118. The van der Waals surface area contributed by atoms with Crippen LogP contribution >= 0.6 is 11.6 Å². The van der Waals surface area contributed by atoms with Crippen molar-refractivity contribution in [3.05, 3.63) is 46.2 Å². The number of anilines is 1. The summed E-state index contributed by atoms with van der Waals surface area (Å²) in [5.41, 5.74) is 1.71. The number of benzene rings is 1. The van der Waals surface area contributed by atoms with Crippen LogP contribution < -0.4 is 10.1 Å². The zero-order valence-corrected chi connectivity index (χ0v) is 15.7. The maximum atomic E-state index is 12.3. The fraction of sp³-hybridized carbons (Fsp3) is 0.368. The second-order valence-corrected chi connectivity index (χ2v) is 7.62. The van der Waals surface area contributed by atoms with Crippen molar-refractivity contribution in [2.75, 3.05) is 11.9 Å². The van der Waals surface area contributed by atoms with Crippen LogP contribution in [0.4, 0.5) is 5.95 Å². The van der Waals surface area contributed by atoms with Gasteiger partial charge in [0, 0.05) is 11.4 Å². The average Bonchev–Trinajstić information content (AvgIpc) is 2.52. The standard InChI is InChI=1S/C19H20ClN3O3/c1-11-17-14(8-19(2,3)9-15(17)24)22-18(21-11)23-16(25)10-26-13-6-4-12(20)5-7-13/h4-7H,8-10H2,1-3H3,(H,21,22,23,25). The number of aryl methyl sites for hydroxylation is 1. The van der Waals surface area contributed by atoms with Crippen molar-refractivity contribution in [1.82, 2.24) is 9.97 Å². The second-order valence-electron chi connectivity index (χ2n) is 7.19. The minimum Gasteiger partial charge on any atom is -0.484 e. The highest BCUT2D eigenvalue weighted by Crippen LogP contribution is 2.35. The Labute approximate surface area is 156 Å². The second kappa shape index (κ2) is 7.03. The Balaban J connectivity index is 1.70. The molecule has 0 bridgehead atoms. The monoisotopic (exact) mass is 373 g/mol. The molecular weight excluding hydrogens is 354 g/mol. The molecule has 0 saturated carbocycles. The van der Waals surface area contributed by atoms with Crippen LogP contribution in [0.3, 0.4) is 0 Å². The molecule has 1 aromatic heterocycles. The fourth-order valence-corrected chi connectivity index (χ4v) is 3.18. The van der Waals surface area contributed by atoms with E-state index in [1.807, 2.05) is 13.8 Å². The van der Waals surface area contributed by atoms with Crippen LogP contribution in [0.15, 0.2) is 24.3 Å². The summed E-state index contributed by atoms with van der Waals surface area (Å²) in [6, 6.07) is 6.73. The Morgan fingerprint density at radius 2 is 1.92 bits per heavy atom. The van der Waals surface area contributed by atoms with Crippen molar-refractivity contribution in [3.63, 3.8) is 0 Å². The highest BCUT2D eigenvalue weighted by atomic mass is 35.5. The van der Waals surface area contributed by atoms with Crippen LogP contribution in [0.5, 0.6) is 5.75 Å². The van der Waals surface area contributed by atoms with Gasteiger partial charge < -0.3 is 4.74 Å². The van der Waals surface area contributed by atoms with E-state index >= 15 is 0 Å². The van der Waals surface area contributed by atoms with Crippen molar-refractivity contribution in [2.24, 2.45) is 5.41 Å². The third-order valence-electron chi connectivity index (χ3n) is 4.16. The molecule has 7 heteroatoms. The molecule has 3 rings (SSSR count). The number of hydrogen-bond acceptors (Lipinski definition) is 5. The van der Waals surface area contributed by atoms with Gasteiger partial charge in [0.1, 0.15) is 5.75 Å². The van der Waals surface area contributed by atoms with Crippen LogP contribution in [0, 0.1) is 12.3 Å². The summed E-state index contributed by atoms with van der Waals surface area (Å²) in [6.45, 7) is 5.65. The molecule has 0 saturated heterocycles. The number of nitrogens with zero attached hydrogens (tertiary/aromatic N) is 2. The number of rotatable bonds is 4. The summed E-state index contributed by atoms with van der Waals surface area (Å²) in [5, 5.41) is 3.23. The average molecular weight is 374 g/mol. The Kier molecular flexibility index (Phi) is 4.96. The normalized spacial score (nSPS) is 15.3. The summed E-state index contributed by atoms with van der Waals surface area (Å²) in [4.78, 5) is 33.1. The van der Waals surface area contributed by atoms with E-state index in [9.17, 15) is 9.59 Å². The SMILES string of the molecule is Cc1nc(NC(=O)COc2ccc(Cl)cc2)nc2c1C(=O)CC(C)(C)C2. The van der Waals surface area contributed by atoms with Crippen LogP contribution in [0.25, 0.3) is 0 Å². The van der Waals surface area contributed by atoms with Gasteiger partial charge in [-0.15, -0.1) is 0 Å². The first-order valence-corrected chi connectivity index (χ1v) is 8.70. The molecule has 26 heavy (non-hydrogen) atoms. The maximum absolute atomic E-state index is 12.3. The molecule has 136 valence electrons. The minimum absolute atomic E-state index is 0.0534. The van der Waals surface area contributed by atoms with Crippen molar-refractivity contribution in [3.8, 4) is 5.75 Å². The molecule has 6 nitrogen and oxygen atoms in total. The van der Waals surface area contributed by atoms with Gasteiger partial charge in [-0.2, -0.15) is 0 Å². The number of halogens is 1. The van der Waals surface area contributed by atoms with Gasteiger partial charge in [-0.3, -0.25) is 14.9 Å². The third-order valence-corrected chi connectivity index (χ3v) is 4.42. The first kappa shape index (κ1) is 18.3. The van der Waals surface area contributed by atoms with E-state index in [1.54, 1.807) is 31.2 Å². The molecule has 0 radical (unpaired) electrons. The molecule has 2 aromatic rings. The quantitative estimate of drug-likeness (QED) is 0.885. The predicted molar refractivity (Wildman–Crippen MR) is 98.8 cm³/mol. The fourth-order valence-electron chi connectivity index (χ4n) is 3.06. The lowest BCUT2D eigenvalue weighted by atomic mass is 9.75. The molecule has 1 aliphatic rings. The summed E-state index contributed by atoms with van der Waals surface area (Å²) >= 11 is 5.81. The molecule has 1 heterocycles. The first-order valence-electron chi connectivity index (χ1n) is 8.32. The number of Topliss-reactive ketones (excluding diaryl/α,β-unsaturated/α-hetero) is 1. The lowest BCUT2D eigenvalue weighted by Gasteiger charge is -2.30. The topological polar surface area (TPSA) is 81.2 Å². The number of ketones is 1. The van der Waals surface area contributed by atoms with Crippen LogP contribution in [0.2, 0.25) is 5.02 Å². The van der Waals surface area contributed by atoms with Crippen molar-refractivity contribution in [2.45, 2.75) is 33.6 Å². The molecule has 1 aliphatic carbocycles. The van der Waals surface area contributed by atoms with Crippen molar-refractivity contribution < 1.29 is 14.3 Å². The largest absolute Gasteiger partial charge is 0.484 e. The molecule has 1 aromatic carbocycles. The van der Waals surface area contributed by atoms with Gasteiger partial charge in [0.2, 0.25) is 5.95 Å². The van der Waals surface area contributed by atoms with Gasteiger partial charge in [0.25, 0.3) is 5.91 Å². The van der Waals surface area contributed by atoms with E-state index < -0.39 is 0 Å². The smallest absolute Gasteiger partial charge is 0.264 e. The molecule has 0 unspecified atom stereocenters. The van der Waals surface area contributed by atoms with Gasteiger partial charge in [-0.25, -0.2) is 9.97 Å². The van der Waals surface area contributed by atoms with E-state index in [1.165, 1.54) is 0 Å². The molecule has 0 fully saturated rings. The van der Waals surface area contributed by atoms with Crippen molar-refractivity contribution >= 4 is 29.2 Å². The van der Waals surface area contributed by atoms with Gasteiger partial charge in [0.15, 0.2) is 12.4 Å². The number of carbonyl (C=O) groups is 2. The molecule has 1 amide bonds. The van der Waals surface area contributed by atoms with E-state index in [0.717, 1.165) is 0 Å². The van der Waals surface area contributed by atoms with E-state index in [2.05, 4.69) is 15.3 Å². The molecule has 1 N–H and O–H groups in total. The number of carbonyl (C=O) groups excluding carboxylic acids is 2. The van der Waals surface area contributed by atoms with Crippen molar-refractivity contribution in [1.29, 1.82) is 0 Å². The molecule has 0 spiro atoms. The van der Waals surface area contributed by atoms with Crippen LogP contribution in [0.1, 0.15) is 42.0 Å². The zero-order valence-electron chi connectivity index (χ0n) is 14.9. The Morgan fingerprint density at radius 1 is 1.23 bits per heavy atom. The Morgan fingerprint density at radius 3 is 2.62 bits per heavy atom. The van der Waals surface area contributed by atoms with Crippen LogP contribution in [-0.4, -0.2) is 28.3 Å². The number of amides is 1. The number of ether oxygens (including phenoxy) is 1. The number of nitrogens with one attached hydrogen (secondary N) is 1. The van der Waals surface area contributed by atoms with E-state index in [4.69, 9.17) is 16.3 Å². The van der Waals surface area contributed by atoms with Gasteiger partial charge in [-0.05, 0) is 43.0 Å². The van der Waals surface area contributed by atoms with Crippen LogP contribution in [-0.2, 0) is 11.2 Å². The van der Waals surface area contributed by atoms with Gasteiger partial charge in [0.05, 0.1) is 17.0 Å². The number of aromatic nitrogens is 2. The first-order chi connectivity index (χ1) is 12.2. The lowest BCUT2D eigenvalue weighted by Crippen LogP contribution is -2.30. The number of fused-ring (bicyclic) bond motifs is 1. The maximum Gasteiger partial charge on any atom is 0.264 e. The summed E-state index contributed by atoms with van der Waals surface area (Å²) in [6.07, 6.45) is 1.15. The highest BCUT2D eigenvalue weighted by Gasteiger charge is 2.33. The van der Waals surface area contributed by atoms with E-state index in [0.29, 0.717) is 40.6 Å². The molecule has 0 atom stereocenters. The molecule has 0 aliphatic heterocycles. The highest BCUT2D eigenvalue weighted by molar-refractivity contribution is 6.30. The summed E-state index contributed by atoms with van der Waals surface area (Å²) in [5.74, 6) is 0.411. The molecular formula is C19H20ClN3O3. The number of hydrogen-bond donors (Lipinski definition) is 1. The summed E-state index contributed by atoms with van der Waals surface area (Å²) < 4.78 is 5.41. The predicted octanol–water partition coefficient (Wildman–Crippen LogP) is 3.61. The third kappa shape index (κ3) is 4.19. The Bertz CT molecular complexity index is 863. The zero-order chi connectivity index (χ0) is 18.9. The van der Waals surface area contributed by atoms with Gasteiger partial charge in [-0.1, -0.05) is 25.4 Å².